The molecule has 0 saturated carbocycles. The Morgan fingerprint density at radius 3 is 2.00 bits per heavy atom. The van der Waals surface area contributed by atoms with Gasteiger partial charge in [0.25, 0.3) is 0 Å². The highest BCUT2D eigenvalue weighted by molar-refractivity contribution is 5.78. The molecule has 0 aromatic heterocycles. The van der Waals surface area contributed by atoms with Crippen molar-refractivity contribution >= 4 is 5.91 Å². The first kappa shape index (κ1) is 17.7. The fourth-order valence-electron chi connectivity index (χ4n) is 2.68. The Labute approximate surface area is 154 Å². The van der Waals surface area contributed by atoms with E-state index in [1.807, 2.05) is 84.9 Å². The van der Waals surface area contributed by atoms with Crippen molar-refractivity contribution in [3.63, 3.8) is 0 Å². The fourth-order valence-corrected chi connectivity index (χ4v) is 2.68. The molecule has 3 rings (SSSR count). The molecule has 0 radical (unpaired) electrons. The van der Waals surface area contributed by atoms with Crippen LogP contribution in [-0.2, 0) is 24.2 Å². The van der Waals surface area contributed by atoms with Crippen molar-refractivity contribution in [1.82, 2.24) is 5.32 Å². The van der Waals surface area contributed by atoms with E-state index in [0.717, 1.165) is 23.3 Å². The van der Waals surface area contributed by atoms with Crippen LogP contribution in [0.5, 0.6) is 5.75 Å². The number of carbonyl (C=O) groups excluding carboxylic acids is 1. The zero-order chi connectivity index (χ0) is 18.0. The minimum Gasteiger partial charge on any atom is -0.489 e. The molecule has 3 heteroatoms. The second-order valence-corrected chi connectivity index (χ2v) is 6.18. The van der Waals surface area contributed by atoms with E-state index in [1.165, 1.54) is 5.56 Å². The van der Waals surface area contributed by atoms with Crippen molar-refractivity contribution in [1.29, 1.82) is 0 Å². The number of rotatable bonds is 8. The van der Waals surface area contributed by atoms with Gasteiger partial charge in [0.2, 0.25) is 5.91 Å². The number of hydrogen-bond donors (Lipinski definition) is 1. The quantitative estimate of drug-likeness (QED) is 0.665. The van der Waals surface area contributed by atoms with Gasteiger partial charge in [-0.3, -0.25) is 4.79 Å². The van der Waals surface area contributed by atoms with E-state index < -0.39 is 0 Å². The molecule has 3 nitrogen and oxygen atoms in total. The van der Waals surface area contributed by atoms with E-state index in [2.05, 4.69) is 5.32 Å². The summed E-state index contributed by atoms with van der Waals surface area (Å²) in [6.45, 7) is 1.20. The van der Waals surface area contributed by atoms with Gasteiger partial charge in [0.1, 0.15) is 12.4 Å². The lowest BCUT2D eigenvalue weighted by atomic mass is 10.1. The number of benzene rings is 3. The van der Waals surface area contributed by atoms with Gasteiger partial charge in [-0.05, 0) is 35.2 Å². The summed E-state index contributed by atoms with van der Waals surface area (Å²) in [6.07, 6.45) is 1.23. The van der Waals surface area contributed by atoms with Crippen LogP contribution in [-0.4, -0.2) is 12.5 Å². The molecule has 1 N–H and O–H groups in total. The molecule has 0 atom stereocenters. The van der Waals surface area contributed by atoms with Crippen molar-refractivity contribution in [3.8, 4) is 5.75 Å². The molecule has 132 valence electrons. The molecule has 26 heavy (non-hydrogen) atoms. The Morgan fingerprint density at radius 1 is 0.731 bits per heavy atom. The Balaban J connectivity index is 1.39. The van der Waals surface area contributed by atoms with E-state index in [0.29, 0.717) is 19.6 Å². The van der Waals surface area contributed by atoms with Crippen LogP contribution in [0.15, 0.2) is 84.9 Å². The number of hydrogen-bond acceptors (Lipinski definition) is 2. The minimum absolute atomic E-state index is 0.0546. The largest absolute Gasteiger partial charge is 0.489 e. The lowest BCUT2D eigenvalue weighted by Crippen LogP contribution is -2.27. The number of nitrogens with one attached hydrogen (secondary N) is 1. The van der Waals surface area contributed by atoms with Crippen molar-refractivity contribution in [2.45, 2.75) is 19.4 Å². The van der Waals surface area contributed by atoms with Gasteiger partial charge in [0.15, 0.2) is 0 Å². The molecule has 0 aliphatic heterocycles. The van der Waals surface area contributed by atoms with Crippen LogP contribution in [0.4, 0.5) is 0 Å². The zero-order valence-corrected chi connectivity index (χ0v) is 14.7. The van der Waals surface area contributed by atoms with E-state index in [4.69, 9.17) is 4.74 Å². The van der Waals surface area contributed by atoms with E-state index in [9.17, 15) is 4.79 Å². The molecule has 3 aromatic carbocycles. The third-order valence-electron chi connectivity index (χ3n) is 4.12. The van der Waals surface area contributed by atoms with Gasteiger partial charge in [-0.2, -0.15) is 0 Å². The van der Waals surface area contributed by atoms with Gasteiger partial charge >= 0.3 is 0 Å². The summed E-state index contributed by atoms with van der Waals surface area (Å²) in [6, 6.07) is 27.9. The normalized spacial score (nSPS) is 10.3. The van der Waals surface area contributed by atoms with Gasteiger partial charge in [0.05, 0.1) is 6.42 Å². The van der Waals surface area contributed by atoms with Crippen LogP contribution in [0.1, 0.15) is 16.7 Å². The molecule has 0 spiro atoms. The SMILES string of the molecule is O=C(Cc1ccccc1)NCCc1ccc(OCc2ccccc2)cc1. The lowest BCUT2D eigenvalue weighted by molar-refractivity contribution is -0.120. The summed E-state index contributed by atoms with van der Waals surface area (Å²) in [5.74, 6) is 0.907. The number of ether oxygens (including phenoxy) is 1. The Hall–Kier alpha value is -3.07. The number of carbonyl (C=O) groups is 1. The Kier molecular flexibility index (Phi) is 6.43. The average molecular weight is 345 g/mol. The fraction of sp³-hybridized carbons (Fsp3) is 0.174. The van der Waals surface area contributed by atoms with E-state index >= 15 is 0 Å². The Bertz CT molecular complexity index is 799. The molecule has 0 fully saturated rings. The summed E-state index contributed by atoms with van der Waals surface area (Å²) in [4.78, 5) is 11.9. The maximum atomic E-state index is 11.9. The summed E-state index contributed by atoms with van der Waals surface area (Å²) in [7, 11) is 0. The summed E-state index contributed by atoms with van der Waals surface area (Å²) in [5.41, 5.74) is 3.36. The molecule has 0 aliphatic carbocycles. The first-order chi connectivity index (χ1) is 12.8. The second kappa shape index (κ2) is 9.42. The minimum atomic E-state index is 0.0546. The van der Waals surface area contributed by atoms with Crippen LogP contribution in [0.25, 0.3) is 0 Å². The first-order valence-corrected chi connectivity index (χ1v) is 8.86. The van der Waals surface area contributed by atoms with Crippen LogP contribution in [0.2, 0.25) is 0 Å². The summed E-state index contributed by atoms with van der Waals surface area (Å²) in [5, 5.41) is 2.97. The third-order valence-corrected chi connectivity index (χ3v) is 4.12. The first-order valence-electron chi connectivity index (χ1n) is 8.86. The van der Waals surface area contributed by atoms with Crippen molar-refractivity contribution in [3.05, 3.63) is 102 Å². The highest BCUT2D eigenvalue weighted by Crippen LogP contribution is 2.14. The van der Waals surface area contributed by atoms with Gasteiger partial charge in [-0.15, -0.1) is 0 Å². The van der Waals surface area contributed by atoms with E-state index in [-0.39, 0.29) is 5.91 Å². The predicted molar refractivity (Wildman–Crippen MR) is 104 cm³/mol. The van der Waals surface area contributed by atoms with Crippen molar-refractivity contribution < 1.29 is 9.53 Å². The van der Waals surface area contributed by atoms with Crippen LogP contribution >= 0.6 is 0 Å². The third kappa shape index (κ3) is 5.78. The molecule has 3 aromatic rings. The van der Waals surface area contributed by atoms with Gasteiger partial charge in [-0.25, -0.2) is 0 Å². The summed E-state index contributed by atoms with van der Waals surface area (Å²) < 4.78 is 5.79. The maximum Gasteiger partial charge on any atom is 0.224 e. The van der Waals surface area contributed by atoms with Gasteiger partial charge in [0, 0.05) is 6.54 Å². The standard InChI is InChI=1S/C23H23NO2/c25-23(17-20-7-3-1-4-8-20)24-16-15-19-11-13-22(14-12-19)26-18-21-9-5-2-6-10-21/h1-14H,15-18H2,(H,24,25). The predicted octanol–water partition coefficient (Wildman–Crippen LogP) is 4.17. The van der Waals surface area contributed by atoms with Gasteiger partial charge in [-0.1, -0.05) is 72.8 Å². The number of amides is 1. The monoisotopic (exact) mass is 345 g/mol. The van der Waals surface area contributed by atoms with Crippen molar-refractivity contribution in [2.24, 2.45) is 0 Å². The molecule has 0 heterocycles. The molecule has 0 saturated heterocycles. The maximum absolute atomic E-state index is 11.9. The molecule has 0 bridgehead atoms. The van der Waals surface area contributed by atoms with E-state index in [1.54, 1.807) is 0 Å². The molecular formula is C23H23NO2. The average Bonchev–Trinajstić information content (AvgIpc) is 2.69. The molecular weight excluding hydrogens is 322 g/mol. The zero-order valence-electron chi connectivity index (χ0n) is 14.7. The Morgan fingerprint density at radius 2 is 1.35 bits per heavy atom. The summed E-state index contributed by atoms with van der Waals surface area (Å²) >= 11 is 0. The highest BCUT2D eigenvalue weighted by atomic mass is 16.5. The molecule has 0 aliphatic rings. The lowest BCUT2D eigenvalue weighted by Gasteiger charge is -2.08. The van der Waals surface area contributed by atoms with Crippen LogP contribution in [0.3, 0.4) is 0 Å². The molecule has 1 amide bonds. The highest BCUT2D eigenvalue weighted by Gasteiger charge is 2.03. The molecule has 0 unspecified atom stereocenters. The smallest absolute Gasteiger partial charge is 0.224 e. The second-order valence-electron chi connectivity index (χ2n) is 6.18. The van der Waals surface area contributed by atoms with Gasteiger partial charge < -0.3 is 10.1 Å². The van der Waals surface area contributed by atoms with Crippen molar-refractivity contribution in [2.75, 3.05) is 6.54 Å². The van der Waals surface area contributed by atoms with Crippen LogP contribution < -0.4 is 10.1 Å². The van der Waals surface area contributed by atoms with Crippen LogP contribution in [0, 0.1) is 0 Å². The topological polar surface area (TPSA) is 38.3 Å².